The Morgan fingerprint density at radius 3 is 2.54 bits per heavy atom. The molecule has 2 N–H and O–H groups in total. The summed E-state index contributed by atoms with van der Waals surface area (Å²) in [4.78, 5) is 28.5. The Labute approximate surface area is 168 Å². The van der Waals surface area contributed by atoms with Crippen molar-refractivity contribution in [3.63, 3.8) is 0 Å². The van der Waals surface area contributed by atoms with Crippen molar-refractivity contribution in [1.82, 2.24) is 20.1 Å². The topological polar surface area (TPSA) is 88.9 Å². The SMILES string of the molecule is CC(=O)NC(CC(=O)Nc1cnc2c(cnn2C(C)C)c1)c1ccc(Cl)cc1. The van der Waals surface area contributed by atoms with Gasteiger partial charge in [-0.1, -0.05) is 23.7 Å². The Kier molecular flexibility index (Phi) is 5.94. The van der Waals surface area contributed by atoms with Crippen LogP contribution in [0.4, 0.5) is 5.69 Å². The van der Waals surface area contributed by atoms with Gasteiger partial charge < -0.3 is 10.6 Å². The van der Waals surface area contributed by atoms with Crippen molar-refractivity contribution < 1.29 is 9.59 Å². The fraction of sp³-hybridized carbons (Fsp3) is 0.300. The average molecular weight is 400 g/mol. The van der Waals surface area contributed by atoms with Gasteiger partial charge in [0.2, 0.25) is 11.8 Å². The maximum Gasteiger partial charge on any atom is 0.226 e. The molecule has 2 heterocycles. The second-order valence-electron chi connectivity index (χ2n) is 6.88. The summed E-state index contributed by atoms with van der Waals surface area (Å²) in [6.07, 6.45) is 3.42. The third-order valence-corrected chi connectivity index (χ3v) is 4.50. The molecule has 0 saturated carbocycles. The molecule has 2 aromatic heterocycles. The first kappa shape index (κ1) is 19.8. The Morgan fingerprint density at radius 1 is 1.18 bits per heavy atom. The van der Waals surface area contributed by atoms with Crippen molar-refractivity contribution >= 4 is 40.1 Å². The molecule has 1 atom stereocenters. The molecule has 146 valence electrons. The van der Waals surface area contributed by atoms with Gasteiger partial charge in [0.15, 0.2) is 5.65 Å². The maximum atomic E-state index is 12.6. The zero-order valence-corrected chi connectivity index (χ0v) is 16.7. The molecule has 1 unspecified atom stereocenters. The van der Waals surface area contributed by atoms with E-state index in [1.807, 2.05) is 24.6 Å². The van der Waals surface area contributed by atoms with Crippen molar-refractivity contribution in [2.45, 2.75) is 39.3 Å². The molecule has 0 aliphatic rings. The molecule has 8 heteroatoms. The van der Waals surface area contributed by atoms with Crippen molar-refractivity contribution in [2.75, 3.05) is 5.32 Å². The summed E-state index contributed by atoms with van der Waals surface area (Å²) in [6, 6.07) is 8.64. The lowest BCUT2D eigenvalue weighted by Gasteiger charge is -2.18. The van der Waals surface area contributed by atoms with Gasteiger partial charge in [0.05, 0.1) is 30.5 Å². The highest BCUT2D eigenvalue weighted by Gasteiger charge is 2.18. The van der Waals surface area contributed by atoms with Crippen molar-refractivity contribution in [3.8, 4) is 0 Å². The van der Waals surface area contributed by atoms with Gasteiger partial charge in [0.1, 0.15) is 0 Å². The van der Waals surface area contributed by atoms with E-state index in [1.165, 1.54) is 6.92 Å². The molecule has 7 nitrogen and oxygen atoms in total. The molecule has 0 bridgehead atoms. The fourth-order valence-corrected chi connectivity index (χ4v) is 3.10. The normalized spacial score (nSPS) is 12.2. The molecule has 0 aliphatic carbocycles. The van der Waals surface area contributed by atoms with E-state index >= 15 is 0 Å². The molecule has 1 aromatic carbocycles. The van der Waals surface area contributed by atoms with Gasteiger partial charge >= 0.3 is 0 Å². The number of hydrogen-bond acceptors (Lipinski definition) is 4. The summed E-state index contributed by atoms with van der Waals surface area (Å²) in [6.45, 7) is 5.48. The first-order valence-electron chi connectivity index (χ1n) is 8.99. The summed E-state index contributed by atoms with van der Waals surface area (Å²) in [5, 5.41) is 11.4. The third-order valence-electron chi connectivity index (χ3n) is 4.25. The van der Waals surface area contributed by atoms with Crippen LogP contribution in [0.25, 0.3) is 11.0 Å². The van der Waals surface area contributed by atoms with E-state index in [0.29, 0.717) is 10.7 Å². The van der Waals surface area contributed by atoms with E-state index in [-0.39, 0.29) is 24.3 Å². The lowest BCUT2D eigenvalue weighted by atomic mass is 10.0. The second kappa shape index (κ2) is 8.39. The molecular formula is C20H22ClN5O2. The molecule has 2 amide bonds. The number of aromatic nitrogens is 3. The number of amides is 2. The highest BCUT2D eigenvalue weighted by atomic mass is 35.5. The first-order valence-corrected chi connectivity index (χ1v) is 9.37. The lowest BCUT2D eigenvalue weighted by Crippen LogP contribution is -2.29. The van der Waals surface area contributed by atoms with Gasteiger partial charge in [-0.15, -0.1) is 0 Å². The van der Waals surface area contributed by atoms with Crippen molar-refractivity contribution in [3.05, 3.63) is 53.3 Å². The van der Waals surface area contributed by atoms with Crippen molar-refractivity contribution in [2.24, 2.45) is 0 Å². The van der Waals surface area contributed by atoms with E-state index in [1.54, 1.807) is 36.7 Å². The first-order chi connectivity index (χ1) is 13.3. The fourth-order valence-electron chi connectivity index (χ4n) is 2.98. The predicted octanol–water partition coefficient (Wildman–Crippen LogP) is 3.87. The van der Waals surface area contributed by atoms with Gasteiger partial charge in [-0.3, -0.25) is 9.59 Å². The van der Waals surface area contributed by atoms with Gasteiger partial charge in [-0.25, -0.2) is 9.67 Å². The van der Waals surface area contributed by atoms with Crippen LogP contribution in [0, 0.1) is 0 Å². The lowest BCUT2D eigenvalue weighted by molar-refractivity contribution is -0.120. The summed E-state index contributed by atoms with van der Waals surface area (Å²) in [5.41, 5.74) is 2.16. The summed E-state index contributed by atoms with van der Waals surface area (Å²) in [5.74, 6) is -0.442. The molecule has 28 heavy (non-hydrogen) atoms. The number of carbonyl (C=O) groups excluding carboxylic acids is 2. The maximum absolute atomic E-state index is 12.6. The van der Waals surface area contributed by atoms with E-state index < -0.39 is 6.04 Å². The number of fused-ring (bicyclic) bond motifs is 1. The smallest absolute Gasteiger partial charge is 0.226 e. The van der Waals surface area contributed by atoms with Crippen LogP contribution in [-0.2, 0) is 9.59 Å². The van der Waals surface area contributed by atoms with Crippen LogP contribution in [0.1, 0.15) is 44.8 Å². The van der Waals surface area contributed by atoms with Gasteiger partial charge in [-0.05, 0) is 37.6 Å². The van der Waals surface area contributed by atoms with Crippen molar-refractivity contribution in [1.29, 1.82) is 0 Å². The monoisotopic (exact) mass is 399 g/mol. The van der Waals surface area contributed by atoms with Crippen LogP contribution in [0.15, 0.2) is 42.7 Å². The Morgan fingerprint density at radius 2 is 1.89 bits per heavy atom. The van der Waals surface area contributed by atoms with E-state index in [9.17, 15) is 9.59 Å². The number of halogens is 1. The van der Waals surface area contributed by atoms with Crippen LogP contribution in [0.3, 0.4) is 0 Å². The number of benzene rings is 1. The van der Waals surface area contributed by atoms with Crippen LogP contribution in [-0.4, -0.2) is 26.6 Å². The summed E-state index contributed by atoms with van der Waals surface area (Å²) in [7, 11) is 0. The minimum Gasteiger partial charge on any atom is -0.349 e. The highest BCUT2D eigenvalue weighted by Crippen LogP contribution is 2.22. The summed E-state index contributed by atoms with van der Waals surface area (Å²) < 4.78 is 1.83. The zero-order chi connectivity index (χ0) is 20.3. The number of nitrogens with one attached hydrogen (secondary N) is 2. The van der Waals surface area contributed by atoms with Crippen LogP contribution in [0.2, 0.25) is 5.02 Å². The van der Waals surface area contributed by atoms with E-state index in [2.05, 4.69) is 20.7 Å². The van der Waals surface area contributed by atoms with Gasteiger partial charge in [0, 0.05) is 23.4 Å². The second-order valence-corrected chi connectivity index (χ2v) is 7.31. The number of rotatable bonds is 6. The molecule has 3 rings (SSSR count). The number of pyridine rings is 1. The van der Waals surface area contributed by atoms with Gasteiger partial charge in [0.25, 0.3) is 0 Å². The Hall–Kier alpha value is -2.93. The highest BCUT2D eigenvalue weighted by molar-refractivity contribution is 6.30. The molecule has 0 aliphatic heterocycles. The number of hydrogen-bond donors (Lipinski definition) is 2. The Bertz CT molecular complexity index is 998. The molecule has 0 saturated heterocycles. The standard InChI is InChI=1S/C20H22ClN5O2/c1-12(2)26-20-15(10-23-26)8-17(11-22-20)25-19(28)9-18(24-13(3)27)14-4-6-16(21)7-5-14/h4-8,10-12,18H,9H2,1-3H3,(H,24,27)(H,25,28). The average Bonchev–Trinajstić information content (AvgIpc) is 3.05. The molecule has 0 fully saturated rings. The largest absolute Gasteiger partial charge is 0.349 e. The molecule has 3 aromatic rings. The molecule has 0 spiro atoms. The number of nitrogens with zero attached hydrogens (tertiary/aromatic N) is 3. The van der Waals surface area contributed by atoms with E-state index in [4.69, 9.17) is 11.6 Å². The summed E-state index contributed by atoms with van der Waals surface area (Å²) >= 11 is 5.92. The Balaban J connectivity index is 1.74. The third kappa shape index (κ3) is 4.67. The van der Waals surface area contributed by atoms with E-state index in [0.717, 1.165) is 16.6 Å². The van der Waals surface area contributed by atoms with Crippen LogP contribution in [0.5, 0.6) is 0 Å². The minimum atomic E-state index is -0.449. The minimum absolute atomic E-state index is 0.0878. The zero-order valence-electron chi connectivity index (χ0n) is 15.9. The van der Waals surface area contributed by atoms with Crippen LogP contribution < -0.4 is 10.6 Å². The van der Waals surface area contributed by atoms with Gasteiger partial charge in [-0.2, -0.15) is 5.10 Å². The number of anilines is 1. The molecular weight excluding hydrogens is 378 g/mol. The van der Waals surface area contributed by atoms with Crippen LogP contribution >= 0.6 is 11.6 Å². The quantitative estimate of drug-likeness (QED) is 0.658. The molecule has 0 radical (unpaired) electrons. The predicted molar refractivity (Wildman–Crippen MR) is 109 cm³/mol. The number of carbonyl (C=O) groups is 2.